The van der Waals surface area contributed by atoms with E-state index in [9.17, 15) is 14.4 Å². The smallest absolute Gasteiger partial charge is 0.410 e. The van der Waals surface area contributed by atoms with Crippen LogP contribution in [0.2, 0.25) is 0 Å². The molecule has 0 saturated carbocycles. The minimum atomic E-state index is -0.509. The molecule has 2 aliphatic rings. The third kappa shape index (κ3) is 9.57. The number of nitrogens with zero attached hydrogens (tertiary/aromatic N) is 3. The van der Waals surface area contributed by atoms with E-state index in [2.05, 4.69) is 10.3 Å². The topological polar surface area (TPSA) is 101 Å². The molecule has 0 aromatic heterocycles. The Bertz CT molecular complexity index is 578. The van der Waals surface area contributed by atoms with Crippen LogP contribution in [0, 0.1) is 0 Å². The van der Waals surface area contributed by atoms with Crippen LogP contribution >= 0.6 is 0 Å². The Morgan fingerprint density at radius 3 is 1.86 bits per heavy atom. The summed E-state index contributed by atoms with van der Waals surface area (Å²) in [5.74, 6) is -0.137. The number of hydrogen-bond donors (Lipinski definition) is 1. The number of piperazine rings is 1. The SMILES string of the molecule is CC(C)(C)OC(=O)N1CCNC(=O)C1.CC1=NCCN(C(=O)OC(C)(C)C)C1. The number of hydrogen-bond acceptors (Lipinski definition) is 6. The Hall–Kier alpha value is -2.32. The van der Waals surface area contributed by atoms with Gasteiger partial charge in [-0.15, -0.1) is 0 Å². The number of rotatable bonds is 0. The van der Waals surface area contributed by atoms with Crippen molar-refractivity contribution in [2.45, 2.75) is 59.7 Å². The average molecular weight is 399 g/mol. The van der Waals surface area contributed by atoms with Gasteiger partial charge in [-0.25, -0.2) is 9.59 Å². The van der Waals surface area contributed by atoms with Gasteiger partial charge in [0.2, 0.25) is 5.91 Å². The zero-order valence-corrected chi connectivity index (χ0v) is 18.1. The molecule has 3 amide bonds. The summed E-state index contributed by atoms with van der Waals surface area (Å²) < 4.78 is 10.4. The molecule has 1 fully saturated rings. The molecule has 0 spiro atoms. The summed E-state index contributed by atoms with van der Waals surface area (Å²) in [6.45, 7) is 16.0. The van der Waals surface area contributed by atoms with Crippen LogP contribution in [-0.2, 0) is 14.3 Å². The fraction of sp³-hybridized carbons (Fsp3) is 0.789. The molecule has 0 aromatic rings. The van der Waals surface area contributed by atoms with E-state index >= 15 is 0 Å². The molecule has 0 aromatic carbocycles. The van der Waals surface area contributed by atoms with Gasteiger partial charge in [-0.2, -0.15) is 0 Å². The molecule has 1 N–H and O–H groups in total. The van der Waals surface area contributed by atoms with Gasteiger partial charge in [0.15, 0.2) is 0 Å². The number of ether oxygens (including phenoxy) is 2. The van der Waals surface area contributed by atoms with Gasteiger partial charge in [-0.3, -0.25) is 14.7 Å². The molecule has 0 bridgehead atoms. The highest BCUT2D eigenvalue weighted by atomic mass is 16.6. The highest BCUT2D eigenvalue weighted by Gasteiger charge is 2.26. The predicted octanol–water partition coefficient (Wildman–Crippen LogP) is 2.05. The Labute approximate surface area is 167 Å². The van der Waals surface area contributed by atoms with E-state index in [0.29, 0.717) is 32.7 Å². The van der Waals surface area contributed by atoms with Crippen LogP contribution in [0.3, 0.4) is 0 Å². The van der Waals surface area contributed by atoms with Gasteiger partial charge in [-0.1, -0.05) is 0 Å². The van der Waals surface area contributed by atoms with Crippen molar-refractivity contribution < 1.29 is 23.9 Å². The van der Waals surface area contributed by atoms with Crippen molar-refractivity contribution in [3.05, 3.63) is 0 Å². The first-order valence-electron chi connectivity index (χ1n) is 9.49. The lowest BCUT2D eigenvalue weighted by atomic mass is 10.2. The van der Waals surface area contributed by atoms with Gasteiger partial charge >= 0.3 is 12.2 Å². The van der Waals surface area contributed by atoms with E-state index in [0.717, 1.165) is 5.71 Å². The van der Waals surface area contributed by atoms with Crippen LogP contribution in [0.4, 0.5) is 9.59 Å². The lowest BCUT2D eigenvalue weighted by molar-refractivity contribution is -0.124. The van der Waals surface area contributed by atoms with Crippen LogP contribution in [-0.4, -0.2) is 84.1 Å². The largest absolute Gasteiger partial charge is 0.444 e. The standard InChI is InChI=1S/C10H18N2O2.C9H16N2O3/c1-8-7-12(6-5-11-8)9(13)14-10(2,3)4;1-9(2,3)14-8(13)11-5-4-10-7(12)6-11/h5-7H2,1-4H3;4-6H2,1-3H3,(H,10,12). The molecule has 0 aliphatic carbocycles. The van der Waals surface area contributed by atoms with Crippen molar-refractivity contribution in [1.29, 1.82) is 0 Å². The highest BCUT2D eigenvalue weighted by Crippen LogP contribution is 2.11. The minimum Gasteiger partial charge on any atom is -0.444 e. The van der Waals surface area contributed by atoms with Gasteiger partial charge in [0.05, 0.1) is 13.1 Å². The Morgan fingerprint density at radius 2 is 1.43 bits per heavy atom. The maximum Gasteiger partial charge on any atom is 0.410 e. The molecule has 9 nitrogen and oxygen atoms in total. The number of carbonyl (C=O) groups is 3. The normalized spacial score (nSPS) is 17.7. The van der Waals surface area contributed by atoms with Crippen LogP contribution in [0.25, 0.3) is 0 Å². The van der Waals surface area contributed by atoms with E-state index < -0.39 is 17.3 Å². The highest BCUT2D eigenvalue weighted by molar-refractivity contribution is 5.87. The van der Waals surface area contributed by atoms with E-state index in [1.165, 1.54) is 4.90 Å². The molecule has 160 valence electrons. The molecule has 2 aliphatic heterocycles. The van der Waals surface area contributed by atoms with Gasteiger partial charge in [0.25, 0.3) is 0 Å². The number of nitrogens with one attached hydrogen (secondary N) is 1. The van der Waals surface area contributed by atoms with Crippen molar-refractivity contribution in [1.82, 2.24) is 15.1 Å². The molecule has 1 saturated heterocycles. The van der Waals surface area contributed by atoms with Crippen molar-refractivity contribution in [3.8, 4) is 0 Å². The number of amides is 3. The quantitative estimate of drug-likeness (QED) is 0.673. The summed E-state index contributed by atoms with van der Waals surface area (Å²) in [6, 6.07) is 0. The van der Waals surface area contributed by atoms with Crippen molar-refractivity contribution in [2.75, 3.05) is 39.3 Å². The molecule has 2 rings (SSSR count). The third-order valence-electron chi connectivity index (χ3n) is 3.51. The molecule has 28 heavy (non-hydrogen) atoms. The van der Waals surface area contributed by atoms with E-state index in [1.807, 2.05) is 27.7 Å². The number of aliphatic imine (C=N–C) groups is 1. The fourth-order valence-corrected chi connectivity index (χ4v) is 2.37. The molecular formula is C19H34N4O5. The summed E-state index contributed by atoms with van der Waals surface area (Å²) >= 11 is 0. The molecule has 0 unspecified atom stereocenters. The van der Waals surface area contributed by atoms with Crippen LogP contribution in [0.15, 0.2) is 4.99 Å². The molecule has 2 heterocycles. The third-order valence-corrected chi connectivity index (χ3v) is 3.51. The zero-order valence-electron chi connectivity index (χ0n) is 18.1. The summed E-state index contributed by atoms with van der Waals surface area (Å²) in [5.41, 5.74) is 0.0621. The first-order chi connectivity index (χ1) is 12.8. The second kappa shape index (κ2) is 9.75. The second-order valence-electron chi connectivity index (χ2n) is 8.77. The van der Waals surface area contributed by atoms with Crippen molar-refractivity contribution in [3.63, 3.8) is 0 Å². The van der Waals surface area contributed by atoms with Crippen molar-refractivity contribution in [2.24, 2.45) is 4.99 Å². The first-order valence-corrected chi connectivity index (χ1v) is 9.49. The predicted molar refractivity (Wildman–Crippen MR) is 107 cm³/mol. The summed E-state index contributed by atoms with van der Waals surface area (Å²) in [5, 5.41) is 2.64. The minimum absolute atomic E-state index is 0.0922. The summed E-state index contributed by atoms with van der Waals surface area (Å²) in [4.78, 5) is 41.4. The Morgan fingerprint density at radius 1 is 0.929 bits per heavy atom. The summed E-state index contributed by atoms with van der Waals surface area (Å²) in [6.07, 6.45) is -0.667. The number of carbonyl (C=O) groups excluding carboxylic acids is 3. The van der Waals surface area contributed by atoms with Crippen LogP contribution in [0.1, 0.15) is 48.5 Å². The average Bonchev–Trinajstić information content (AvgIpc) is 2.52. The monoisotopic (exact) mass is 398 g/mol. The van der Waals surface area contributed by atoms with Crippen LogP contribution < -0.4 is 5.32 Å². The zero-order chi connectivity index (χ0) is 21.5. The lowest BCUT2D eigenvalue weighted by Gasteiger charge is -2.29. The van der Waals surface area contributed by atoms with Crippen molar-refractivity contribution >= 4 is 23.8 Å². The van der Waals surface area contributed by atoms with E-state index in [-0.39, 0.29) is 18.5 Å². The molecule has 0 atom stereocenters. The van der Waals surface area contributed by atoms with Gasteiger partial charge in [0, 0.05) is 25.3 Å². The van der Waals surface area contributed by atoms with Gasteiger partial charge < -0.3 is 19.7 Å². The second-order valence-corrected chi connectivity index (χ2v) is 8.77. The maximum absolute atomic E-state index is 11.6. The Balaban J connectivity index is 0.000000280. The maximum atomic E-state index is 11.6. The lowest BCUT2D eigenvalue weighted by Crippen LogP contribution is -2.51. The Kier molecular flexibility index (Phi) is 8.26. The first kappa shape index (κ1) is 23.7. The summed E-state index contributed by atoms with van der Waals surface area (Å²) in [7, 11) is 0. The molecule has 9 heteroatoms. The molecule has 0 radical (unpaired) electrons. The van der Waals surface area contributed by atoms with E-state index in [1.54, 1.807) is 25.7 Å². The fourth-order valence-electron chi connectivity index (χ4n) is 2.37. The van der Waals surface area contributed by atoms with Crippen LogP contribution in [0.5, 0.6) is 0 Å². The van der Waals surface area contributed by atoms with E-state index in [4.69, 9.17) is 9.47 Å². The molecular weight excluding hydrogens is 364 g/mol. The van der Waals surface area contributed by atoms with Gasteiger partial charge in [0.1, 0.15) is 17.7 Å². The van der Waals surface area contributed by atoms with Gasteiger partial charge in [-0.05, 0) is 48.5 Å².